The Bertz CT molecular complexity index is 585. The van der Waals surface area contributed by atoms with Crippen LogP contribution in [0.4, 0.5) is 5.69 Å². The summed E-state index contributed by atoms with van der Waals surface area (Å²) in [4.78, 5) is 11.1. The number of hydrogen-bond donors (Lipinski definition) is 1. The van der Waals surface area contributed by atoms with Crippen molar-refractivity contribution in [2.24, 2.45) is 0 Å². The Balaban J connectivity index is 2.32. The Labute approximate surface area is 119 Å². The molecule has 1 atom stereocenters. The zero-order valence-electron chi connectivity index (χ0n) is 9.81. The van der Waals surface area contributed by atoms with Crippen LogP contribution in [0, 0.1) is 0 Å². The molecule has 0 aliphatic rings. The van der Waals surface area contributed by atoms with Gasteiger partial charge in [0.25, 0.3) is 0 Å². The van der Waals surface area contributed by atoms with Crippen molar-refractivity contribution in [3.63, 3.8) is 0 Å². The molecular formula is C11H13IN3O2P. The van der Waals surface area contributed by atoms with E-state index >= 15 is 0 Å². The van der Waals surface area contributed by atoms with Gasteiger partial charge in [0.2, 0.25) is 0 Å². The number of nitrogens with two attached hydrogens (primary N) is 1. The first-order valence-electron chi connectivity index (χ1n) is 5.35. The Morgan fingerprint density at radius 1 is 1.61 bits per heavy atom. The fourth-order valence-corrected chi connectivity index (χ4v) is 3.30. The van der Waals surface area contributed by atoms with Crippen LogP contribution in [-0.2, 0) is 16.0 Å². The summed E-state index contributed by atoms with van der Waals surface area (Å²) < 4.78 is 6.54. The number of rotatable bonds is 4. The first kappa shape index (κ1) is 13.5. The fraction of sp³-hybridized carbons (Fsp3) is 0.273. The zero-order valence-corrected chi connectivity index (χ0v) is 13.0. The second-order valence-electron chi connectivity index (χ2n) is 3.83. The molecule has 0 fully saturated rings. The molecule has 0 aliphatic carbocycles. The lowest BCUT2D eigenvalue weighted by atomic mass is 10.1. The fourth-order valence-electron chi connectivity index (χ4n) is 1.77. The predicted molar refractivity (Wildman–Crippen MR) is 82.2 cm³/mol. The SMILES string of the molecule is COC(=O)CCc1cc(N)c2cnn(PI)c2c1. The lowest BCUT2D eigenvalue weighted by Gasteiger charge is -2.05. The van der Waals surface area contributed by atoms with Gasteiger partial charge < -0.3 is 10.5 Å². The van der Waals surface area contributed by atoms with Gasteiger partial charge in [0.1, 0.15) is 0 Å². The topological polar surface area (TPSA) is 70.1 Å². The van der Waals surface area contributed by atoms with Gasteiger partial charge in [0.15, 0.2) is 0 Å². The standard InChI is InChI=1S/C11H13IN3O2P/c1-17-11(16)3-2-7-4-9(13)8-6-14-15(18-12)10(8)5-7/h4-6,18H,2-3,13H2,1H3. The van der Waals surface area contributed by atoms with Gasteiger partial charge in [-0.2, -0.15) is 5.10 Å². The number of carbonyl (C=O) groups is 1. The van der Waals surface area contributed by atoms with E-state index in [2.05, 4.69) is 31.9 Å². The molecule has 0 aliphatic heterocycles. The molecule has 0 spiro atoms. The van der Waals surface area contributed by atoms with Crippen molar-refractivity contribution < 1.29 is 9.53 Å². The molecule has 18 heavy (non-hydrogen) atoms. The monoisotopic (exact) mass is 377 g/mol. The minimum atomic E-state index is -0.210. The van der Waals surface area contributed by atoms with Crippen LogP contribution in [0.3, 0.4) is 0 Å². The molecule has 2 aromatic rings. The zero-order chi connectivity index (χ0) is 13.1. The average molecular weight is 377 g/mol. The quantitative estimate of drug-likeness (QED) is 0.385. The van der Waals surface area contributed by atoms with E-state index in [1.807, 2.05) is 16.6 Å². The summed E-state index contributed by atoms with van der Waals surface area (Å²) in [6.07, 6.45) is 3.30. The summed E-state index contributed by atoms with van der Waals surface area (Å²) in [5.41, 5.74) is 8.74. The van der Waals surface area contributed by atoms with E-state index in [4.69, 9.17) is 5.73 Å². The van der Waals surface area contributed by atoms with E-state index in [-0.39, 0.29) is 5.97 Å². The molecule has 2 N–H and O–H groups in total. The van der Waals surface area contributed by atoms with Crippen molar-refractivity contribution in [3.8, 4) is 0 Å². The average Bonchev–Trinajstić information content (AvgIpc) is 2.79. The van der Waals surface area contributed by atoms with Gasteiger partial charge in [0, 0.05) is 17.5 Å². The van der Waals surface area contributed by atoms with Crippen molar-refractivity contribution in [2.45, 2.75) is 12.8 Å². The van der Waals surface area contributed by atoms with E-state index in [1.54, 1.807) is 6.20 Å². The minimum Gasteiger partial charge on any atom is -0.469 e. The van der Waals surface area contributed by atoms with Crippen LogP contribution in [0.2, 0.25) is 0 Å². The number of hydrogen-bond acceptors (Lipinski definition) is 4. The van der Waals surface area contributed by atoms with Crippen LogP contribution >= 0.6 is 28.4 Å². The molecule has 1 aromatic heterocycles. The number of fused-ring (bicyclic) bond motifs is 1. The first-order valence-corrected chi connectivity index (χ1v) is 9.41. The van der Waals surface area contributed by atoms with Crippen LogP contribution in [0.1, 0.15) is 12.0 Å². The van der Waals surface area contributed by atoms with Crippen LogP contribution in [0.25, 0.3) is 10.9 Å². The molecule has 1 heterocycles. The molecule has 0 saturated carbocycles. The maximum absolute atomic E-state index is 11.1. The van der Waals surface area contributed by atoms with E-state index in [0.29, 0.717) is 24.9 Å². The Morgan fingerprint density at radius 2 is 2.39 bits per heavy atom. The Morgan fingerprint density at radius 3 is 3.06 bits per heavy atom. The number of anilines is 1. The molecule has 1 aromatic carbocycles. The maximum Gasteiger partial charge on any atom is 0.305 e. The molecule has 5 nitrogen and oxygen atoms in total. The molecule has 7 heteroatoms. The Hall–Kier alpha value is -0.880. The van der Waals surface area contributed by atoms with Gasteiger partial charge >= 0.3 is 5.97 Å². The number of ether oxygens (including phenoxy) is 1. The highest BCUT2D eigenvalue weighted by Gasteiger charge is 2.09. The Kier molecular flexibility index (Phi) is 4.40. The number of aryl methyl sites for hydroxylation is 1. The molecule has 0 saturated heterocycles. The van der Waals surface area contributed by atoms with Crippen molar-refractivity contribution in [2.75, 3.05) is 12.8 Å². The number of aromatic nitrogens is 2. The number of esters is 1. The van der Waals surface area contributed by atoms with Crippen LogP contribution in [0.5, 0.6) is 0 Å². The number of nitrogens with zero attached hydrogens (tertiary/aromatic N) is 2. The number of halogens is 1. The molecular weight excluding hydrogens is 364 g/mol. The second-order valence-corrected chi connectivity index (χ2v) is 5.87. The third-order valence-corrected chi connectivity index (χ3v) is 4.59. The molecule has 0 bridgehead atoms. The van der Waals surface area contributed by atoms with E-state index in [9.17, 15) is 4.79 Å². The molecule has 96 valence electrons. The summed E-state index contributed by atoms with van der Waals surface area (Å²) in [7, 11) is 1.40. The van der Waals surface area contributed by atoms with Crippen LogP contribution < -0.4 is 5.73 Å². The predicted octanol–water partition coefficient (Wildman–Crippen LogP) is 2.52. The van der Waals surface area contributed by atoms with Gasteiger partial charge in [-0.05, 0) is 46.2 Å². The summed E-state index contributed by atoms with van der Waals surface area (Å²) in [5.74, 6) is -0.210. The van der Waals surface area contributed by atoms with Crippen molar-refractivity contribution in [1.29, 1.82) is 0 Å². The first-order chi connectivity index (χ1) is 8.65. The highest BCUT2D eigenvalue weighted by atomic mass is 127. The van der Waals surface area contributed by atoms with Crippen molar-refractivity contribution >= 4 is 51.0 Å². The van der Waals surface area contributed by atoms with Crippen molar-refractivity contribution in [1.82, 2.24) is 9.55 Å². The summed E-state index contributed by atoms with van der Waals surface area (Å²) in [6.45, 7) is 0. The third kappa shape index (κ3) is 2.75. The van der Waals surface area contributed by atoms with Crippen LogP contribution in [-0.4, -0.2) is 22.6 Å². The number of methoxy groups -OCH3 is 1. The molecule has 1 unspecified atom stereocenters. The van der Waals surface area contributed by atoms with Crippen LogP contribution in [0.15, 0.2) is 18.3 Å². The van der Waals surface area contributed by atoms with Crippen molar-refractivity contribution in [3.05, 3.63) is 23.9 Å². The smallest absolute Gasteiger partial charge is 0.305 e. The van der Waals surface area contributed by atoms with E-state index in [0.717, 1.165) is 16.5 Å². The number of benzene rings is 1. The molecule has 0 amide bonds. The number of carbonyl (C=O) groups excluding carboxylic acids is 1. The van der Waals surface area contributed by atoms with Gasteiger partial charge in [-0.25, -0.2) is 4.45 Å². The largest absolute Gasteiger partial charge is 0.469 e. The van der Waals surface area contributed by atoms with E-state index < -0.39 is 0 Å². The second kappa shape index (κ2) is 5.84. The lowest BCUT2D eigenvalue weighted by molar-refractivity contribution is -0.140. The third-order valence-electron chi connectivity index (χ3n) is 2.71. The number of nitrogen functional groups attached to an aromatic ring is 1. The minimum absolute atomic E-state index is 0.210. The molecule has 2 rings (SSSR count). The maximum atomic E-state index is 11.1. The highest BCUT2D eigenvalue weighted by molar-refractivity contribution is 14.2. The normalized spacial score (nSPS) is 11.4. The summed E-state index contributed by atoms with van der Waals surface area (Å²) in [5, 5.41) is 5.24. The van der Waals surface area contributed by atoms with E-state index in [1.165, 1.54) is 7.11 Å². The molecule has 0 radical (unpaired) electrons. The van der Waals surface area contributed by atoms with Gasteiger partial charge in [0.05, 0.1) is 25.2 Å². The summed E-state index contributed by atoms with van der Waals surface area (Å²) in [6, 6.07) is 3.93. The lowest BCUT2D eigenvalue weighted by Crippen LogP contribution is -2.02. The van der Waals surface area contributed by atoms with Gasteiger partial charge in [-0.1, -0.05) is 0 Å². The summed E-state index contributed by atoms with van der Waals surface area (Å²) >= 11 is 2.27. The van der Waals surface area contributed by atoms with Gasteiger partial charge in [-0.15, -0.1) is 0 Å². The highest BCUT2D eigenvalue weighted by Crippen LogP contribution is 2.31. The van der Waals surface area contributed by atoms with Gasteiger partial charge in [-0.3, -0.25) is 4.79 Å².